The highest BCUT2D eigenvalue weighted by molar-refractivity contribution is 7.91. The molecular weight excluding hydrogens is 333 g/mol. The van der Waals surface area contributed by atoms with Crippen LogP contribution in [0.25, 0.3) is 0 Å². The average Bonchev–Trinajstić information content (AvgIpc) is 2.36. The molecule has 0 saturated heterocycles. The van der Waals surface area contributed by atoms with Crippen LogP contribution in [-0.4, -0.2) is 32.6 Å². The Morgan fingerprint density at radius 3 is 2.57 bits per heavy atom. The maximum atomic E-state index is 11.4. The van der Waals surface area contributed by atoms with Crippen molar-refractivity contribution < 1.29 is 13.2 Å². The molecule has 0 spiro atoms. The minimum absolute atomic E-state index is 0.0534. The number of sulfone groups is 1. The van der Waals surface area contributed by atoms with E-state index in [0.717, 1.165) is 5.56 Å². The molecule has 1 aromatic carbocycles. The van der Waals surface area contributed by atoms with Crippen molar-refractivity contribution >= 4 is 33.0 Å². The second-order valence-electron chi connectivity index (χ2n) is 5.00. The van der Waals surface area contributed by atoms with Gasteiger partial charge in [0.1, 0.15) is 15.6 Å². The molecule has 0 fully saturated rings. The summed E-state index contributed by atoms with van der Waals surface area (Å²) in [6.07, 6.45) is 1.01. The SMILES string of the molecule is CCS(=O)(=O)CCCOc1c(Cl)cc(Cl)cc1CC(C)N. The first kappa shape index (κ1) is 18.6. The zero-order valence-electron chi connectivity index (χ0n) is 12.2. The maximum absolute atomic E-state index is 11.4. The number of halogens is 2. The fourth-order valence-corrected chi connectivity index (χ4v) is 3.31. The molecule has 1 atom stereocenters. The van der Waals surface area contributed by atoms with E-state index in [0.29, 0.717) is 28.6 Å². The summed E-state index contributed by atoms with van der Waals surface area (Å²) in [6.45, 7) is 3.80. The van der Waals surface area contributed by atoms with Crippen LogP contribution in [0.15, 0.2) is 12.1 Å². The van der Waals surface area contributed by atoms with Crippen molar-refractivity contribution in [2.45, 2.75) is 32.7 Å². The van der Waals surface area contributed by atoms with Crippen LogP contribution in [0.2, 0.25) is 10.0 Å². The smallest absolute Gasteiger partial charge is 0.150 e. The molecule has 1 aromatic rings. The Balaban J connectivity index is 2.73. The third-order valence-corrected chi connectivity index (χ3v) is 5.20. The minimum Gasteiger partial charge on any atom is -0.492 e. The number of hydrogen-bond donors (Lipinski definition) is 1. The molecule has 0 heterocycles. The highest BCUT2D eigenvalue weighted by Gasteiger charge is 2.13. The van der Waals surface area contributed by atoms with E-state index >= 15 is 0 Å². The van der Waals surface area contributed by atoms with E-state index in [1.54, 1.807) is 19.1 Å². The molecule has 0 amide bonds. The fraction of sp³-hybridized carbons (Fsp3) is 0.571. The first-order valence-electron chi connectivity index (χ1n) is 6.82. The number of benzene rings is 1. The maximum Gasteiger partial charge on any atom is 0.150 e. The zero-order chi connectivity index (χ0) is 16.0. The molecule has 0 aliphatic rings. The summed E-state index contributed by atoms with van der Waals surface area (Å²) in [5.74, 6) is 0.786. The van der Waals surface area contributed by atoms with Crippen LogP contribution in [0.3, 0.4) is 0 Å². The normalized spacial score (nSPS) is 13.2. The van der Waals surface area contributed by atoms with Gasteiger partial charge < -0.3 is 10.5 Å². The number of hydrogen-bond acceptors (Lipinski definition) is 4. The summed E-state index contributed by atoms with van der Waals surface area (Å²) >= 11 is 12.1. The number of ether oxygens (including phenoxy) is 1. The molecule has 0 bridgehead atoms. The molecular formula is C14H21Cl2NO3S. The van der Waals surface area contributed by atoms with E-state index in [9.17, 15) is 8.42 Å². The van der Waals surface area contributed by atoms with Crippen LogP contribution in [-0.2, 0) is 16.3 Å². The molecule has 120 valence electrons. The monoisotopic (exact) mass is 353 g/mol. The van der Waals surface area contributed by atoms with Crippen molar-refractivity contribution in [3.63, 3.8) is 0 Å². The first-order valence-corrected chi connectivity index (χ1v) is 9.39. The average molecular weight is 354 g/mol. The summed E-state index contributed by atoms with van der Waals surface area (Å²) in [6, 6.07) is 3.32. The van der Waals surface area contributed by atoms with Gasteiger partial charge in [-0.15, -0.1) is 0 Å². The second-order valence-corrected chi connectivity index (χ2v) is 8.31. The van der Waals surface area contributed by atoms with Crippen molar-refractivity contribution in [2.75, 3.05) is 18.1 Å². The molecule has 0 aliphatic heterocycles. The van der Waals surface area contributed by atoms with E-state index in [2.05, 4.69) is 0 Å². The highest BCUT2D eigenvalue weighted by Crippen LogP contribution is 2.33. The van der Waals surface area contributed by atoms with Gasteiger partial charge in [-0.3, -0.25) is 0 Å². The van der Waals surface area contributed by atoms with E-state index in [1.807, 2.05) is 6.92 Å². The van der Waals surface area contributed by atoms with E-state index in [4.69, 9.17) is 33.7 Å². The van der Waals surface area contributed by atoms with Gasteiger partial charge in [-0.2, -0.15) is 0 Å². The van der Waals surface area contributed by atoms with Crippen molar-refractivity contribution in [3.05, 3.63) is 27.7 Å². The summed E-state index contributed by atoms with van der Waals surface area (Å²) in [5.41, 5.74) is 6.64. The molecule has 1 rings (SSSR count). The zero-order valence-corrected chi connectivity index (χ0v) is 14.6. The summed E-state index contributed by atoms with van der Waals surface area (Å²) in [5, 5.41) is 0.938. The molecule has 1 unspecified atom stereocenters. The molecule has 21 heavy (non-hydrogen) atoms. The summed E-state index contributed by atoms with van der Waals surface area (Å²) in [4.78, 5) is 0. The van der Waals surface area contributed by atoms with Gasteiger partial charge in [0.25, 0.3) is 0 Å². The molecule has 0 aliphatic carbocycles. The standard InChI is InChI=1S/C14H21Cl2NO3S/c1-3-21(18,19)6-4-5-20-14-11(7-10(2)17)8-12(15)9-13(14)16/h8-10H,3-7,17H2,1-2H3. The van der Waals surface area contributed by atoms with Gasteiger partial charge in [0.2, 0.25) is 0 Å². The number of nitrogens with two attached hydrogens (primary N) is 1. The van der Waals surface area contributed by atoms with Gasteiger partial charge in [0.15, 0.2) is 0 Å². The van der Waals surface area contributed by atoms with Gasteiger partial charge in [-0.1, -0.05) is 30.1 Å². The molecule has 4 nitrogen and oxygen atoms in total. The quantitative estimate of drug-likeness (QED) is 0.729. The molecule has 0 aromatic heterocycles. The molecule has 2 N–H and O–H groups in total. The predicted molar refractivity (Wildman–Crippen MR) is 88.3 cm³/mol. The van der Waals surface area contributed by atoms with Crippen molar-refractivity contribution in [1.82, 2.24) is 0 Å². The fourth-order valence-electron chi connectivity index (χ4n) is 1.87. The topological polar surface area (TPSA) is 69.4 Å². The third kappa shape index (κ3) is 6.43. The molecule has 0 radical (unpaired) electrons. The van der Waals surface area contributed by atoms with Crippen LogP contribution in [0.4, 0.5) is 0 Å². The van der Waals surface area contributed by atoms with Crippen LogP contribution >= 0.6 is 23.2 Å². The minimum atomic E-state index is -2.97. The van der Waals surface area contributed by atoms with Crippen LogP contribution in [0.5, 0.6) is 5.75 Å². The summed E-state index contributed by atoms with van der Waals surface area (Å²) in [7, 11) is -2.97. The lowest BCUT2D eigenvalue weighted by Gasteiger charge is -2.15. The van der Waals surface area contributed by atoms with Crippen molar-refractivity contribution in [3.8, 4) is 5.75 Å². The van der Waals surface area contributed by atoms with Gasteiger partial charge in [0.05, 0.1) is 17.4 Å². The number of rotatable bonds is 8. The Kier molecular flexibility index (Phi) is 7.27. The predicted octanol–water partition coefficient (Wildman–Crippen LogP) is 3.09. The van der Waals surface area contributed by atoms with Gasteiger partial charge in [-0.05, 0) is 37.5 Å². The molecule has 7 heteroatoms. The first-order chi connectivity index (χ1) is 9.75. The Bertz CT molecular complexity index is 574. The van der Waals surface area contributed by atoms with Crippen LogP contribution < -0.4 is 10.5 Å². The lowest BCUT2D eigenvalue weighted by molar-refractivity contribution is 0.314. The Morgan fingerprint density at radius 1 is 1.33 bits per heavy atom. The molecule has 0 saturated carbocycles. The van der Waals surface area contributed by atoms with Gasteiger partial charge in [0, 0.05) is 16.8 Å². The van der Waals surface area contributed by atoms with Crippen molar-refractivity contribution in [2.24, 2.45) is 5.73 Å². The largest absolute Gasteiger partial charge is 0.492 e. The lowest BCUT2D eigenvalue weighted by atomic mass is 10.1. The third-order valence-electron chi connectivity index (χ3n) is 2.91. The van der Waals surface area contributed by atoms with Crippen LogP contribution in [0.1, 0.15) is 25.8 Å². The Morgan fingerprint density at radius 2 is 2.00 bits per heavy atom. The van der Waals surface area contributed by atoms with E-state index in [-0.39, 0.29) is 24.2 Å². The van der Waals surface area contributed by atoms with Crippen molar-refractivity contribution in [1.29, 1.82) is 0 Å². The Labute approximate surface area is 136 Å². The van der Waals surface area contributed by atoms with Crippen LogP contribution in [0, 0.1) is 0 Å². The van der Waals surface area contributed by atoms with Gasteiger partial charge >= 0.3 is 0 Å². The lowest BCUT2D eigenvalue weighted by Crippen LogP contribution is -2.19. The highest BCUT2D eigenvalue weighted by atomic mass is 35.5. The Hall–Kier alpha value is -0.490. The van der Waals surface area contributed by atoms with E-state index in [1.165, 1.54) is 0 Å². The second kappa shape index (κ2) is 8.22. The van der Waals surface area contributed by atoms with Gasteiger partial charge in [-0.25, -0.2) is 8.42 Å². The van der Waals surface area contributed by atoms with E-state index < -0.39 is 9.84 Å². The summed E-state index contributed by atoms with van der Waals surface area (Å²) < 4.78 is 28.5.